The van der Waals surface area contributed by atoms with E-state index in [4.69, 9.17) is 16.3 Å². The van der Waals surface area contributed by atoms with Crippen molar-refractivity contribution < 1.29 is 19.7 Å². The van der Waals surface area contributed by atoms with Crippen LogP contribution in [0.4, 0.5) is 10.5 Å². The number of hydrogen-bond acceptors (Lipinski definition) is 5. The van der Waals surface area contributed by atoms with Gasteiger partial charge in [-0.1, -0.05) is 45.7 Å². The number of aromatic nitrogens is 1. The number of nitrogens with zero attached hydrogens (tertiary/aromatic N) is 1. The van der Waals surface area contributed by atoms with Gasteiger partial charge < -0.3 is 14.9 Å². The number of anilines is 1. The van der Waals surface area contributed by atoms with Crippen LogP contribution < -0.4 is 5.32 Å². The second kappa shape index (κ2) is 10.9. The highest BCUT2D eigenvalue weighted by Crippen LogP contribution is 2.69. The minimum absolute atomic E-state index is 0.206. The molecule has 7 heteroatoms. The molecule has 4 fully saturated rings. The van der Waals surface area contributed by atoms with Crippen LogP contribution in [0.3, 0.4) is 0 Å². The third kappa shape index (κ3) is 4.88. The summed E-state index contributed by atoms with van der Waals surface area (Å²) in [6, 6.07) is 1.65. The van der Waals surface area contributed by atoms with Crippen LogP contribution in [0.5, 0.6) is 0 Å². The number of rotatable bonds is 6. The van der Waals surface area contributed by atoms with Crippen molar-refractivity contribution in [3.05, 3.63) is 23.5 Å². The average molecular weight is 547 g/mol. The number of amides is 1. The molecule has 3 N–H and O–H groups in total. The monoisotopic (exact) mass is 546 g/mol. The van der Waals surface area contributed by atoms with E-state index in [1.54, 1.807) is 12.3 Å². The average Bonchev–Trinajstić information content (AvgIpc) is 3.22. The van der Waals surface area contributed by atoms with E-state index in [1.165, 1.54) is 31.9 Å². The van der Waals surface area contributed by atoms with Gasteiger partial charge in [0.1, 0.15) is 0 Å². The molecule has 0 bridgehead atoms. The summed E-state index contributed by atoms with van der Waals surface area (Å²) in [5, 5.41) is 25.6. The molecule has 0 saturated heterocycles. The van der Waals surface area contributed by atoms with Crippen molar-refractivity contribution in [2.45, 2.75) is 97.7 Å². The Labute approximate surface area is 233 Å². The molecule has 0 spiro atoms. The minimum Gasteiger partial charge on any atom is -0.449 e. The summed E-state index contributed by atoms with van der Waals surface area (Å²) in [7, 11) is 0. The largest absolute Gasteiger partial charge is 0.449 e. The first-order valence-corrected chi connectivity index (χ1v) is 15.4. The molecule has 38 heavy (non-hydrogen) atoms. The van der Waals surface area contributed by atoms with Crippen molar-refractivity contribution in [3.63, 3.8) is 0 Å². The van der Waals surface area contributed by atoms with Gasteiger partial charge in [0.25, 0.3) is 0 Å². The van der Waals surface area contributed by atoms with Crippen molar-refractivity contribution in [1.82, 2.24) is 4.98 Å². The van der Waals surface area contributed by atoms with Crippen LogP contribution in [0, 0.1) is 52.3 Å². The zero-order valence-electron chi connectivity index (χ0n) is 23.5. The van der Waals surface area contributed by atoms with Crippen molar-refractivity contribution in [1.29, 1.82) is 0 Å². The number of halogens is 1. The van der Waals surface area contributed by atoms with Gasteiger partial charge in [0.05, 0.1) is 35.7 Å². The molecule has 1 amide bonds. The zero-order valence-corrected chi connectivity index (χ0v) is 24.3. The summed E-state index contributed by atoms with van der Waals surface area (Å²) in [4.78, 5) is 16.3. The van der Waals surface area contributed by atoms with E-state index < -0.39 is 6.09 Å². The Kier molecular flexibility index (Phi) is 8.08. The molecule has 212 valence electrons. The van der Waals surface area contributed by atoms with E-state index in [2.05, 4.69) is 38.0 Å². The lowest BCUT2D eigenvalue weighted by molar-refractivity contribution is -0.203. The van der Waals surface area contributed by atoms with Gasteiger partial charge in [0, 0.05) is 6.20 Å². The molecule has 0 radical (unpaired) electrons. The summed E-state index contributed by atoms with van der Waals surface area (Å²) in [5.41, 5.74) is 0.971. The highest BCUT2D eigenvalue weighted by Gasteiger charge is 2.64. The van der Waals surface area contributed by atoms with Crippen LogP contribution >= 0.6 is 11.6 Å². The number of ether oxygens (including phenoxy) is 1. The van der Waals surface area contributed by atoms with Gasteiger partial charge in [-0.25, -0.2) is 4.79 Å². The van der Waals surface area contributed by atoms with Gasteiger partial charge in [-0.3, -0.25) is 10.3 Å². The summed E-state index contributed by atoms with van der Waals surface area (Å²) < 4.78 is 5.52. The summed E-state index contributed by atoms with van der Waals surface area (Å²) >= 11 is 5.95. The second-order valence-electron chi connectivity index (χ2n) is 13.5. The van der Waals surface area contributed by atoms with Gasteiger partial charge in [0.15, 0.2) is 0 Å². The first kappa shape index (κ1) is 28.2. The number of carbonyl (C=O) groups is 1. The van der Waals surface area contributed by atoms with Crippen molar-refractivity contribution >= 4 is 23.4 Å². The van der Waals surface area contributed by atoms with Crippen LogP contribution in [0.1, 0.15) is 85.5 Å². The lowest BCUT2D eigenvalue weighted by Crippen LogP contribution is -2.62. The Bertz CT molecular complexity index is 1010. The summed E-state index contributed by atoms with van der Waals surface area (Å²) in [6.45, 7) is 9.92. The van der Waals surface area contributed by atoms with E-state index in [1.807, 2.05) is 0 Å². The molecule has 1 aromatic rings. The highest BCUT2D eigenvalue weighted by molar-refractivity contribution is 6.30. The normalized spacial score (nSPS) is 42.9. The molecule has 0 unspecified atom stereocenters. The fraction of sp³-hybridized carbons (Fsp3) is 0.806. The fourth-order valence-corrected chi connectivity index (χ4v) is 10.3. The van der Waals surface area contributed by atoms with E-state index in [9.17, 15) is 15.0 Å². The number of aliphatic hydroxyl groups is 2. The molecule has 4 aliphatic carbocycles. The van der Waals surface area contributed by atoms with Crippen molar-refractivity contribution in [2.75, 3.05) is 11.9 Å². The number of fused-ring (bicyclic) bond motifs is 5. The van der Waals surface area contributed by atoms with E-state index >= 15 is 0 Å². The van der Waals surface area contributed by atoms with Gasteiger partial charge in [-0.15, -0.1) is 0 Å². The van der Waals surface area contributed by atoms with Crippen molar-refractivity contribution in [2.24, 2.45) is 52.3 Å². The Morgan fingerprint density at radius 3 is 2.61 bits per heavy atom. The van der Waals surface area contributed by atoms with Gasteiger partial charge in [-0.2, -0.15) is 0 Å². The highest BCUT2D eigenvalue weighted by atomic mass is 35.5. The number of aliphatic hydroxyl groups excluding tert-OH is 2. The molecule has 0 aromatic carbocycles. The first-order valence-electron chi connectivity index (χ1n) is 15.0. The van der Waals surface area contributed by atoms with E-state index in [0.717, 1.165) is 32.1 Å². The Morgan fingerprint density at radius 1 is 1.13 bits per heavy atom. The Balaban J connectivity index is 1.24. The molecule has 1 aromatic heterocycles. The van der Waals surface area contributed by atoms with Gasteiger partial charge in [0.2, 0.25) is 0 Å². The van der Waals surface area contributed by atoms with Crippen LogP contribution in [0.15, 0.2) is 18.5 Å². The maximum absolute atomic E-state index is 12.3. The molecule has 4 saturated carbocycles. The third-order valence-corrected chi connectivity index (χ3v) is 12.1. The number of hydrogen-bond donors (Lipinski definition) is 3. The maximum atomic E-state index is 12.3. The molecule has 0 aliphatic heterocycles. The van der Waals surface area contributed by atoms with E-state index in [0.29, 0.717) is 52.8 Å². The standard InChI is InChI=1S/C31H47ClN2O4/c1-5-22-26-15-21(35)8-11-31(26,4)25-9-12-30(3)23(6-7-24(30)27(25)28(22)36)18(2)10-13-38-29(37)34-20-14-19(32)16-33-17-20/h14,16-18,21-28,35-36H,5-13,15H2,1-4H3,(H,34,37)/t18-,21-,22-,23-,24+,25+,26+,27+,28-,30-,31-/m1/s1. The third-order valence-electron chi connectivity index (χ3n) is 11.9. The molecule has 5 rings (SSSR count). The number of pyridine rings is 1. The second-order valence-corrected chi connectivity index (χ2v) is 14.0. The molecule has 1 heterocycles. The zero-order chi connectivity index (χ0) is 27.2. The number of nitrogens with one attached hydrogen (secondary N) is 1. The van der Waals surface area contributed by atoms with E-state index in [-0.39, 0.29) is 29.0 Å². The topological polar surface area (TPSA) is 91.7 Å². The lowest BCUT2D eigenvalue weighted by atomic mass is 9.41. The summed E-state index contributed by atoms with van der Waals surface area (Å²) in [5.74, 6) is 3.19. The SMILES string of the molecule is CC[C@H]1[C@@H](O)[C@@H]2[C@H](CC[C@]3(C)[C@@H]([C@H](C)CCOC(=O)Nc4cncc(Cl)c4)CC[C@@H]23)[C@@]2(C)CC[C@@H](O)C[C@@H]12. The Morgan fingerprint density at radius 2 is 1.87 bits per heavy atom. The van der Waals surface area contributed by atoms with Crippen molar-refractivity contribution in [3.8, 4) is 0 Å². The maximum Gasteiger partial charge on any atom is 0.411 e. The predicted molar refractivity (Wildman–Crippen MR) is 150 cm³/mol. The number of carbonyl (C=O) groups excluding carboxylic acids is 1. The smallest absolute Gasteiger partial charge is 0.411 e. The molecular formula is C31H47ClN2O4. The predicted octanol–water partition coefficient (Wildman–Crippen LogP) is 6.94. The Hall–Kier alpha value is -1.37. The van der Waals surface area contributed by atoms with Crippen LogP contribution in [0.2, 0.25) is 5.02 Å². The fourth-order valence-electron chi connectivity index (χ4n) is 10.1. The lowest BCUT2D eigenvalue weighted by Gasteiger charge is -2.64. The minimum atomic E-state index is -0.478. The van der Waals surface area contributed by atoms with Crippen LogP contribution in [0.25, 0.3) is 0 Å². The molecule has 6 nitrogen and oxygen atoms in total. The van der Waals surface area contributed by atoms with Crippen LogP contribution in [-0.4, -0.2) is 40.1 Å². The quantitative estimate of drug-likeness (QED) is 0.359. The van der Waals surface area contributed by atoms with Gasteiger partial charge >= 0.3 is 6.09 Å². The molecule has 4 aliphatic rings. The van der Waals surface area contributed by atoms with Crippen LogP contribution in [-0.2, 0) is 4.74 Å². The first-order chi connectivity index (χ1) is 18.1. The van der Waals surface area contributed by atoms with Gasteiger partial charge in [-0.05, 0) is 110 Å². The molecular weight excluding hydrogens is 500 g/mol. The molecule has 11 atom stereocenters. The summed E-state index contributed by atoms with van der Waals surface area (Å²) in [6.07, 6.45) is 11.6.